The van der Waals surface area contributed by atoms with Gasteiger partial charge in [0.15, 0.2) is 0 Å². The summed E-state index contributed by atoms with van der Waals surface area (Å²) in [6, 6.07) is 15.9. The van der Waals surface area contributed by atoms with E-state index in [1.807, 2.05) is 69.3 Å². The van der Waals surface area contributed by atoms with Gasteiger partial charge in [-0.3, -0.25) is 25.0 Å². The molecule has 0 unspecified atom stereocenters. The Kier molecular flexibility index (Phi) is 14.9. The van der Waals surface area contributed by atoms with E-state index in [4.69, 9.17) is 0 Å². The zero-order valence-corrected chi connectivity index (χ0v) is 32.2. The van der Waals surface area contributed by atoms with Gasteiger partial charge in [0.05, 0.1) is 12.1 Å². The molecule has 292 valence electrons. The van der Waals surface area contributed by atoms with Gasteiger partial charge in [0.1, 0.15) is 12.1 Å². The van der Waals surface area contributed by atoms with Gasteiger partial charge < -0.3 is 30.6 Å². The first kappa shape index (κ1) is 41.7. The highest BCUT2D eigenvalue weighted by Gasteiger charge is 2.41. The molecular weight excluding hydrogens is 688 g/mol. The number of hydrazine groups is 1. The quantitative estimate of drug-likeness (QED) is 0.121. The molecule has 3 aromatic rings. The number of benzene rings is 1. The summed E-state index contributed by atoms with van der Waals surface area (Å²) in [6.45, 7) is 12.5. The minimum atomic E-state index is -1.34. The summed E-state index contributed by atoms with van der Waals surface area (Å²) in [7, 11) is 0. The van der Waals surface area contributed by atoms with Crippen LogP contribution in [-0.2, 0) is 29.0 Å². The van der Waals surface area contributed by atoms with E-state index >= 15 is 0 Å². The summed E-state index contributed by atoms with van der Waals surface area (Å²) in [6.07, 6.45) is 2.20. The average molecular weight is 745 g/mol. The second-order valence-corrected chi connectivity index (χ2v) is 15.1. The van der Waals surface area contributed by atoms with Crippen LogP contribution in [0.25, 0.3) is 0 Å². The van der Waals surface area contributed by atoms with Gasteiger partial charge in [-0.15, -0.1) is 0 Å². The number of carboxylic acid groups (broad SMARTS) is 1. The Labute approximate surface area is 318 Å². The first-order chi connectivity index (χ1) is 25.7. The fourth-order valence-corrected chi connectivity index (χ4v) is 6.64. The molecule has 0 bridgehead atoms. The van der Waals surface area contributed by atoms with Gasteiger partial charge in [-0.1, -0.05) is 77.4 Å². The zero-order valence-electron chi connectivity index (χ0n) is 32.2. The SMILES string of the molecule is CC[C@H](C)[C@@H](C(=O)N[C@@H](Cc1ccccc1)[C@@H](O)CN(Cc1ccncc1)NC(=O)[C@@H](NC(=O)O)C(C)(C)C)N1CCN(CCc2cccc(C)n2)C1=O. The molecule has 0 aliphatic carbocycles. The lowest BCUT2D eigenvalue weighted by Crippen LogP contribution is -2.60. The third-order valence-electron chi connectivity index (χ3n) is 9.78. The number of urea groups is 1. The summed E-state index contributed by atoms with van der Waals surface area (Å²) in [5.41, 5.74) is 5.53. The highest BCUT2D eigenvalue weighted by atomic mass is 16.4. The van der Waals surface area contributed by atoms with Crippen LogP contribution in [0.15, 0.2) is 73.1 Å². The second-order valence-electron chi connectivity index (χ2n) is 15.1. The summed E-state index contributed by atoms with van der Waals surface area (Å²) < 4.78 is 0. The summed E-state index contributed by atoms with van der Waals surface area (Å²) in [5.74, 6) is -1.15. The van der Waals surface area contributed by atoms with E-state index in [1.54, 1.807) is 55.1 Å². The van der Waals surface area contributed by atoms with Crippen LogP contribution >= 0.6 is 0 Å². The molecule has 1 aliphatic rings. The molecule has 5 N–H and O–H groups in total. The highest BCUT2D eigenvalue weighted by molar-refractivity contribution is 5.88. The summed E-state index contributed by atoms with van der Waals surface area (Å²) in [5, 5.41) is 28.4. The van der Waals surface area contributed by atoms with E-state index in [2.05, 4.69) is 26.0 Å². The van der Waals surface area contributed by atoms with Crippen molar-refractivity contribution in [1.29, 1.82) is 0 Å². The lowest BCUT2D eigenvalue weighted by atomic mass is 9.86. The lowest BCUT2D eigenvalue weighted by molar-refractivity contribution is -0.132. The van der Waals surface area contributed by atoms with Crippen molar-refractivity contribution in [3.05, 3.63) is 95.6 Å². The number of aryl methyl sites for hydroxylation is 1. The molecule has 1 fully saturated rings. The molecule has 5 amide bonds. The van der Waals surface area contributed by atoms with Gasteiger partial charge in [-0.25, -0.2) is 14.6 Å². The van der Waals surface area contributed by atoms with Crippen LogP contribution in [0.3, 0.4) is 0 Å². The maximum absolute atomic E-state index is 14.4. The van der Waals surface area contributed by atoms with Crippen LogP contribution in [-0.4, -0.2) is 109 Å². The second kappa shape index (κ2) is 19.3. The van der Waals surface area contributed by atoms with E-state index in [1.165, 1.54) is 5.01 Å². The topological polar surface area (TPSA) is 180 Å². The maximum Gasteiger partial charge on any atom is 0.405 e. The van der Waals surface area contributed by atoms with Crippen molar-refractivity contribution < 1.29 is 29.4 Å². The van der Waals surface area contributed by atoms with Gasteiger partial charge in [0.25, 0.3) is 5.91 Å². The number of nitrogens with zero attached hydrogens (tertiary/aromatic N) is 5. The van der Waals surface area contributed by atoms with Crippen molar-refractivity contribution in [2.45, 2.75) is 91.6 Å². The molecule has 1 saturated heterocycles. The monoisotopic (exact) mass is 744 g/mol. The molecule has 5 atom stereocenters. The van der Waals surface area contributed by atoms with E-state index in [-0.39, 0.29) is 37.4 Å². The molecule has 54 heavy (non-hydrogen) atoms. The molecule has 2 aromatic heterocycles. The first-order valence-corrected chi connectivity index (χ1v) is 18.6. The van der Waals surface area contributed by atoms with Crippen molar-refractivity contribution >= 4 is 23.9 Å². The number of pyridine rings is 2. The number of aliphatic hydroxyl groups is 1. The van der Waals surface area contributed by atoms with E-state index in [9.17, 15) is 29.4 Å². The molecule has 0 saturated carbocycles. The molecular formula is C40H56N8O6. The van der Waals surface area contributed by atoms with Crippen molar-refractivity contribution in [1.82, 2.24) is 40.8 Å². The van der Waals surface area contributed by atoms with Crippen LogP contribution in [0, 0.1) is 18.3 Å². The number of amides is 5. The fourth-order valence-electron chi connectivity index (χ4n) is 6.64. The molecule has 4 rings (SSSR count). The van der Waals surface area contributed by atoms with Crippen LogP contribution < -0.4 is 16.1 Å². The normalized spacial score (nSPS) is 16.0. The van der Waals surface area contributed by atoms with E-state index in [0.717, 1.165) is 22.5 Å². The molecule has 1 aliphatic heterocycles. The van der Waals surface area contributed by atoms with Crippen LogP contribution in [0.5, 0.6) is 0 Å². The number of aliphatic hydroxyl groups excluding tert-OH is 1. The Morgan fingerprint density at radius 3 is 2.28 bits per heavy atom. The standard InChI is InChI=1S/C40H56N8O6/c1-7-27(2)34(48-23-22-46(39(48)54)21-18-31-15-11-12-28(3)42-31)36(50)43-32(24-29-13-9-8-10-14-29)33(49)26-47(25-30-16-19-41-20-17-30)45-37(51)35(40(4,5)6)44-38(52)53/h8-17,19-20,27,32-35,44,49H,7,18,21-26H2,1-6H3,(H,43,50)(H,45,51)(H,52,53)/t27-,32-,33-,34-,35+/m0/s1. The molecule has 0 radical (unpaired) electrons. The average Bonchev–Trinajstić information content (AvgIpc) is 3.48. The number of rotatable bonds is 18. The fraction of sp³-hybridized carbons (Fsp3) is 0.500. The number of aromatic nitrogens is 2. The van der Waals surface area contributed by atoms with Crippen molar-refractivity contribution in [3.63, 3.8) is 0 Å². The lowest BCUT2D eigenvalue weighted by Gasteiger charge is -2.36. The third kappa shape index (κ3) is 12.0. The van der Waals surface area contributed by atoms with E-state index in [0.29, 0.717) is 32.5 Å². The number of carbonyl (C=O) groups excluding carboxylic acids is 3. The number of nitrogens with one attached hydrogen (secondary N) is 3. The minimum absolute atomic E-state index is 0.118. The molecule has 0 spiro atoms. The Morgan fingerprint density at radius 1 is 0.944 bits per heavy atom. The Bertz CT molecular complexity index is 1690. The van der Waals surface area contributed by atoms with Gasteiger partial charge in [-0.05, 0) is 60.1 Å². The largest absolute Gasteiger partial charge is 0.465 e. The van der Waals surface area contributed by atoms with Gasteiger partial charge in [0, 0.05) is 62.9 Å². The van der Waals surface area contributed by atoms with Crippen molar-refractivity contribution in [2.75, 3.05) is 26.2 Å². The number of hydrogen-bond donors (Lipinski definition) is 5. The van der Waals surface area contributed by atoms with Gasteiger partial charge in [0.2, 0.25) is 5.91 Å². The number of carbonyl (C=O) groups is 4. The maximum atomic E-state index is 14.4. The highest BCUT2D eigenvalue weighted by Crippen LogP contribution is 2.23. The predicted molar refractivity (Wildman–Crippen MR) is 205 cm³/mol. The Morgan fingerprint density at radius 2 is 1.65 bits per heavy atom. The zero-order chi connectivity index (χ0) is 39.4. The first-order valence-electron chi connectivity index (χ1n) is 18.6. The van der Waals surface area contributed by atoms with Gasteiger partial charge in [-0.2, -0.15) is 0 Å². The Balaban J connectivity index is 1.56. The van der Waals surface area contributed by atoms with Crippen LogP contribution in [0.4, 0.5) is 9.59 Å². The molecule has 14 heteroatoms. The van der Waals surface area contributed by atoms with Crippen LogP contribution in [0.2, 0.25) is 0 Å². The smallest absolute Gasteiger partial charge is 0.405 e. The number of hydrogen-bond acceptors (Lipinski definition) is 8. The Hall–Kier alpha value is -5.08. The third-order valence-corrected chi connectivity index (χ3v) is 9.78. The molecule has 14 nitrogen and oxygen atoms in total. The summed E-state index contributed by atoms with van der Waals surface area (Å²) in [4.78, 5) is 65.4. The van der Waals surface area contributed by atoms with Crippen molar-refractivity contribution in [3.8, 4) is 0 Å². The molecule has 3 heterocycles. The molecule has 1 aromatic carbocycles. The van der Waals surface area contributed by atoms with Crippen molar-refractivity contribution in [2.24, 2.45) is 11.3 Å². The minimum Gasteiger partial charge on any atom is -0.465 e. The predicted octanol–water partition coefficient (Wildman–Crippen LogP) is 3.78. The van der Waals surface area contributed by atoms with Crippen LogP contribution in [0.1, 0.15) is 63.6 Å². The summed E-state index contributed by atoms with van der Waals surface area (Å²) >= 11 is 0. The van der Waals surface area contributed by atoms with E-state index < -0.39 is 41.6 Å². The van der Waals surface area contributed by atoms with Gasteiger partial charge >= 0.3 is 12.1 Å².